The van der Waals surface area contributed by atoms with Gasteiger partial charge in [0.15, 0.2) is 0 Å². The predicted octanol–water partition coefficient (Wildman–Crippen LogP) is 5.56. The Morgan fingerprint density at radius 2 is 1.58 bits per heavy atom. The van der Waals surface area contributed by atoms with E-state index >= 15 is 0 Å². The van der Waals surface area contributed by atoms with Gasteiger partial charge < -0.3 is 20.0 Å². The molecule has 0 saturated heterocycles. The van der Waals surface area contributed by atoms with Crippen molar-refractivity contribution in [1.82, 2.24) is 29.9 Å². The molecule has 12 heteroatoms. The van der Waals surface area contributed by atoms with E-state index in [9.17, 15) is 0 Å². The lowest BCUT2D eigenvalue weighted by molar-refractivity contribution is 0.416. The topological polar surface area (TPSA) is 117 Å². The van der Waals surface area contributed by atoms with Crippen LogP contribution < -0.4 is 10.1 Å². The summed E-state index contributed by atoms with van der Waals surface area (Å²) in [5.74, 6) is 1.42. The number of halogens is 3. The van der Waals surface area contributed by atoms with Crippen LogP contribution in [0.3, 0.4) is 0 Å². The van der Waals surface area contributed by atoms with Gasteiger partial charge in [-0.1, -0.05) is 34.8 Å². The molecule has 1 aromatic carbocycles. The fourth-order valence-electron chi connectivity index (χ4n) is 3.42. The summed E-state index contributed by atoms with van der Waals surface area (Å²) in [4.78, 5) is 26.3. The summed E-state index contributed by atoms with van der Waals surface area (Å²) in [6, 6.07) is 7.49. The highest BCUT2D eigenvalue weighted by Crippen LogP contribution is 2.34. The standard InChI is InChI=1S/C15H12ClN5O.C6H3Cl2N3/c1-22-12-3-9-6-17-5-8(9)2-11(12)20-14-10-4-13(16)21-15(10)19-7-18-14;7-4-1-3-5(8)9-2-10-6(3)11-4/h2-5,7H,6H2,1H3,(H2,18,19,20,21);1-2H,(H,9,10,11). The third-order valence-corrected chi connectivity index (χ3v) is 5.65. The van der Waals surface area contributed by atoms with Crippen molar-refractivity contribution in [2.75, 3.05) is 12.4 Å². The number of methoxy groups -OCH3 is 1. The van der Waals surface area contributed by atoms with E-state index in [1.54, 1.807) is 19.2 Å². The zero-order valence-corrected chi connectivity index (χ0v) is 19.3. The minimum atomic E-state index is 0.415. The summed E-state index contributed by atoms with van der Waals surface area (Å²) in [6.45, 7) is 0.692. The maximum atomic E-state index is 6.00. The van der Waals surface area contributed by atoms with E-state index in [2.05, 4.69) is 40.2 Å². The second-order valence-corrected chi connectivity index (χ2v) is 8.16. The number of benzene rings is 1. The summed E-state index contributed by atoms with van der Waals surface area (Å²) < 4.78 is 5.46. The zero-order chi connectivity index (χ0) is 22.9. The van der Waals surface area contributed by atoms with Gasteiger partial charge in [0.1, 0.15) is 51.0 Å². The van der Waals surface area contributed by atoms with Crippen molar-refractivity contribution in [3.8, 4) is 5.75 Å². The quantitative estimate of drug-likeness (QED) is 0.279. The molecule has 0 amide bonds. The van der Waals surface area contributed by atoms with E-state index in [0.29, 0.717) is 39.1 Å². The SMILES string of the molecule is COc1cc2c(cc1Nc1ncnc3[nH]c(Cl)cc13)C=NC2.Clc1cc2c(Cl)ncnc2[nH]1. The van der Waals surface area contributed by atoms with Gasteiger partial charge in [-0.3, -0.25) is 4.99 Å². The number of anilines is 2. The molecule has 0 atom stereocenters. The van der Waals surface area contributed by atoms with Crippen LogP contribution in [-0.2, 0) is 6.54 Å². The molecule has 0 bridgehead atoms. The summed E-state index contributed by atoms with van der Waals surface area (Å²) in [5.41, 5.74) is 4.41. The largest absolute Gasteiger partial charge is 0.495 e. The Bertz CT molecular complexity index is 1510. The molecule has 0 saturated carbocycles. The number of fused-ring (bicyclic) bond motifs is 3. The average molecular weight is 502 g/mol. The number of hydrogen-bond donors (Lipinski definition) is 3. The molecular weight excluding hydrogens is 487 g/mol. The maximum Gasteiger partial charge on any atom is 0.144 e. The molecule has 1 aliphatic rings. The van der Waals surface area contributed by atoms with Gasteiger partial charge in [-0.25, -0.2) is 19.9 Å². The molecule has 0 spiro atoms. The van der Waals surface area contributed by atoms with Crippen molar-refractivity contribution in [2.45, 2.75) is 6.54 Å². The molecule has 3 N–H and O–H groups in total. The van der Waals surface area contributed by atoms with Crippen molar-refractivity contribution in [2.24, 2.45) is 4.99 Å². The molecule has 9 nitrogen and oxygen atoms in total. The zero-order valence-electron chi connectivity index (χ0n) is 17.0. The van der Waals surface area contributed by atoms with Gasteiger partial charge in [0.05, 0.1) is 30.1 Å². The first-order valence-corrected chi connectivity index (χ1v) is 10.8. The van der Waals surface area contributed by atoms with E-state index in [-0.39, 0.29) is 0 Å². The summed E-state index contributed by atoms with van der Waals surface area (Å²) in [6.07, 6.45) is 4.74. The Morgan fingerprint density at radius 1 is 0.879 bits per heavy atom. The van der Waals surface area contributed by atoms with Crippen molar-refractivity contribution in [1.29, 1.82) is 0 Å². The normalized spacial score (nSPS) is 12.0. The second kappa shape index (κ2) is 8.86. The molecule has 0 aliphatic carbocycles. The maximum absolute atomic E-state index is 6.00. The van der Waals surface area contributed by atoms with Crippen LogP contribution in [0.1, 0.15) is 11.1 Å². The minimum Gasteiger partial charge on any atom is -0.495 e. The van der Waals surface area contributed by atoms with E-state index in [4.69, 9.17) is 39.5 Å². The van der Waals surface area contributed by atoms with Crippen LogP contribution in [0.15, 0.2) is 41.9 Å². The van der Waals surface area contributed by atoms with Crippen LogP contribution in [0, 0.1) is 0 Å². The summed E-state index contributed by atoms with van der Waals surface area (Å²) >= 11 is 17.4. The Hall–Kier alpha value is -3.40. The van der Waals surface area contributed by atoms with Crippen LogP contribution in [0.25, 0.3) is 22.1 Å². The van der Waals surface area contributed by atoms with Gasteiger partial charge in [-0.05, 0) is 35.4 Å². The molecule has 6 rings (SSSR count). The number of hydrogen-bond acceptors (Lipinski definition) is 7. The molecule has 33 heavy (non-hydrogen) atoms. The van der Waals surface area contributed by atoms with Crippen molar-refractivity contribution < 1.29 is 4.74 Å². The second-order valence-electron chi connectivity index (χ2n) is 6.99. The highest BCUT2D eigenvalue weighted by atomic mass is 35.5. The van der Waals surface area contributed by atoms with E-state index in [0.717, 1.165) is 33.3 Å². The highest BCUT2D eigenvalue weighted by Gasteiger charge is 2.15. The number of rotatable bonds is 3. The van der Waals surface area contributed by atoms with Crippen molar-refractivity contribution >= 4 is 74.6 Å². The smallest absolute Gasteiger partial charge is 0.144 e. The monoisotopic (exact) mass is 500 g/mol. The Labute approximate surface area is 202 Å². The van der Waals surface area contributed by atoms with Crippen LogP contribution in [0.2, 0.25) is 15.5 Å². The summed E-state index contributed by atoms with van der Waals surface area (Å²) in [7, 11) is 1.64. The van der Waals surface area contributed by atoms with Gasteiger partial charge in [0.2, 0.25) is 0 Å². The van der Waals surface area contributed by atoms with E-state index < -0.39 is 0 Å². The van der Waals surface area contributed by atoms with Crippen LogP contribution >= 0.6 is 34.8 Å². The molecule has 0 fully saturated rings. The fourth-order valence-corrected chi connectivity index (χ4v) is 4.00. The predicted molar refractivity (Wildman–Crippen MR) is 130 cm³/mol. The van der Waals surface area contributed by atoms with Crippen LogP contribution in [0.4, 0.5) is 11.5 Å². The number of aromatic amines is 2. The third kappa shape index (κ3) is 4.30. The van der Waals surface area contributed by atoms with Crippen LogP contribution in [0.5, 0.6) is 5.75 Å². The molecule has 166 valence electrons. The Kier molecular flexibility index (Phi) is 5.76. The van der Waals surface area contributed by atoms with Crippen molar-refractivity contribution in [3.05, 3.63) is 63.5 Å². The van der Waals surface area contributed by atoms with Gasteiger partial charge >= 0.3 is 0 Å². The molecule has 4 aromatic heterocycles. The number of nitrogens with zero attached hydrogens (tertiary/aromatic N) is 5. The van der Waals surface area contributed by atoms with Gasteiger partial charge in [0.25, 0.3) is 0 Å². The lowest BCUT2D eigenvalue weighted by Crippen LogP contribution is -2.00. The summed E-state index contributed by atoms with van der Waals surface area (Å²) in [5, 5.41) is 6.32. The number of nitrogens with one attached hydrogen (secondary N) is 3. The van der Waals surface area contributed by atoms with E-state index in [1.807, 2.05) is 18.3 Å². The van der Waals surface area contributed by atoms with Gasteiger partial charge in [-0.2, -0.15) is 0 Å². The minimum absolute atomic E-state index is 0.415. The molecule has 0 radical (unpaired) electrons. The molecule has 5 heterocycles. The average Bonchev–Trinajstić information content (AvgIpc) is 3.51. The number of H-pyrrole nitrogens is 2. The lowest BCUT2D eigenvalue weighted by Gasteiger charge is -2.13. The lowest BCUT2D eigenvalue weighted by atomic mass is 10.1. The van der Waals surface area contributed by atoms with Gasteiger partial charge in [0, 0.05) is 6.21 Å². The molecule has 0 unspecified atom stereocenters. The fraction of sp³-hybridized carbons (Fsp3) is 0.0952. The molecular formula is C21H15Cl3N8O. The Morgan fingerprint density at radius 3 is 2.30 bits per heavy atom. The van der Waals surface area contributed by atoms with Crippen molar-refractivity contribution in [3.63, 3.8) is 0 Å². The van der Waals surface area contributed by atoms with Crippen LogP contribution in [-0.4, -0.2) is 43.2 Å². The molecule has 5 aromatic rings. The first kappa shape index (κ1) is 21.4. The molecule has 1 aliphatic heterocycles. The first-order valence-electron chi connectivity index (χ1n) is 9.63. The first-order chi connectivity index (χ1) is 16.0. The highest BCUT2D eigenvalue weighted by molar-refractivity contribution is 6.35. The number of aliphatic imine (C=N–C) groups is 1. The Balaban J connectivity index is 0.000000174. The van der Waals surface area contributed by atoms with E-state index in [1.165, 1.54) is 12.7 Å². The number of ether oxygens (including phenoxy) is 1. The number of aromatic nitrogens is 6. The third-order valence-electron chi connectivity index (χ3n) is 4.94. The van der Waals surface area contributed by atoms with Gasteiger partial charge in [-0.15, -0.1) is 0 Å².